The molecule has 1 aliphatic rings. The lowest BCUT2D eigenvalue weighted by Crippen LogP contribution is -2.38. The number of methoxy groups -OCH3 is 1. The summed E-state index contributed by atoms with van der Waals surface area (Å²) in [6, 6.07) is 14.4. The molecule has 0 bridgehead atoms. The van der Waals surface area contributed by atoms with Crippen LogP contribution in [0.3, 0.4) is 0 Å². The second kappa shape index (κ2) is 11.1. The van der Waals surface area contributed by atoms with Gasteiger partial charge in [0.25, 0.3) is 5.89 Å². The Balaban J connectivity index is 1.54. The molecule has 174 valence electrons. The van der Waals surface area contributed by atoms with E-state index in [0.717, 1.165) is 29.5 Å². The van der Waals surface area contributed by atoms with E-state index in [1.165, 1.54) is 24.9 Å². The van der Waals surface area contributed by atoms with Crippen molar-refractivity contribution in [2.45, 2.75) is 51.7 Å². The average molecular weight is 450 g/mol. The number of rotatable bonds is 10. The largest absolute Gasteiger partial charge is 0.494 e. The van der Waals surface area contributed by atoms with Gasteiger partial charge in [0.1, 0.15) is 12.0 Å². The molecule has 0 spiro atoms. The van der Waals surface area contributed by atoms with Gasteiger partial charge < -0.3 is 23.7 Å². The quantitative estimate of drug-likeness (QED) is 0.307. The summed E-state index contributed by atoms with van der Waals surface area (Å²) in [5.41, 5.74) is 4.02. The standard InChI is InChI=1S/C26H31N3O4/c1-19-8-3-4-13-29(19)24-12-11-21(16-22(24)18-31-2)26-27-25(28-33-26)20-9-7-10-23(17-20)32-15-6-5-14-30/h7,9-12,14,16-17,19H,3-6,8,13,15,18H2,1-2H3. The second-order valence-electron chi connectivity index (χ2n) is 8.42. The molecule has 3 aromatic rings. The van der Waals surface area contributed by atoms with Gasteiger partial charge >= 0.3 is 0 Å². The second-order valence-corrected chi connectivity index (χ2v) is 8.42. The zero-order valence-corrected chi connectivity index (χ0v) is 19.3. The molecule has 1 unspecified atom stereocenters. The number of piperidine rings is 1. The van der Waals surface area contributed by atoms with E-state index in [1.807, 2.05) is 30.3 Å². The van der Waals surface area contributed by atoms with Crippen LogP contribution in [0.15, 0.2) is 47.0 Å². The van der Waals surface area contributed by atoms with E-state index in [2.05, 4.69) is 34.1 Å². The molecule has 2 heterocycles. The molecule has 0 radical (unpaired) electrons. The zero-order valence-electron chi connectivity index (χ0n) is 19.3. The normalized spacial score (nSPS) is 16.1. The molecule has 1 saturated heterocycles. The third-order valence-corrected chi connectivity index (χ3v) is 5.99. The summed E-state index contributed by atoms with van der Waals surface area (Å²) in [6.07, 6.45) is 5.79. The predicted octanol–water partition coefficient (Wildman–Crippen LogP) is 5.29. The lowest BCUT2D eigenvalue weighted by molar-refractivity contribution is -0.108. The molecule has 0 amide bonds. The lowest BCUT2D eigenvalue weighted by Gasteiger charge is -2.36. The van der Waals surface area contributed by atoms with Crippen LogP contribution in [0.5, 0.6) is 5.75 Å². The molecule has 33 heavy (non-hydrogen) atoms. The molecule has 1 fully saturated rings. The van der Waals surface area contributed by atoms with Crippen LogP contribution in [0.4, 0.5) is 5.69 Å². The van der Waals surface area contributed by atoms with Crippen LogP contribution < -0.4 is 9.64 Å². The Labute approximate surface area is 194 Å². The highest BCUT2D eigenvalue weighted by atomic mass is 16.5. The Morgan fingerprint density at radius 1 is 1.18 bits per heavy atom. The van der Waals surface area contributed by atoms with Crippen LogP contribution in [-0.4, -0.2) is 42.7 Å². The number of nitrogens with zero attached hydrogens (tertiary/aromatic N) is 3. The topological polar surface area (TPSA) is 77.7 Å². The number of aldehydes is 1. The van der Waals surface area contributed by atoms with Gasteiger partial charge in [0.2, 0.25) is 5.82 Å². The van der Waals surface area contributed by atoms with E-state index >= 15 is 0 Å². The van der Waals surface area contributed by atoms with Gasteiger partial charge in [0, 0.05) is 48.5 Å². The molecule has 4 rings (SSSR count). The minimum absolute atomic E-state index is 0.470. The number of unbranched alkanes of at least 4 members (excludes halogenated alkanes) is 1. The van der Waals surface area contributed by atoms with Crippen molar-refractivity contribution in [2.24, 2.45) is 0 Å². The van der Waals surface area contributed by atoms with Crippen molar-refractivity contribution in [1.82, 2.24) is 10.1 Å². The van der Waals surface area contributed by atoms with Crippen LogP contribution in [0.2, 0.25) is 0 Å². The van der Waals surface area contributed by atoms with Gasteiger partial charge in [-0.2, -0.15) is 4.98 Å². The van der Waals surface area contributed by atoms with Crippen LogP contribution in [0, 0.1) is 0 Å². The summed E-state index contributed by atoms with van der Waals surface area (Å²) in [6.45, 7) is 4.37. The van der Waals surface area contributed by atoms with Crippen molar-refractivity contribution in [3.63, 3.8) is 0 Å². The smallest absolute Gasteiger partial charge is 0.258 e. The Hall–Kier alpha value is -3.19. The molecule has 1 aromatic heterocycles. The van der Waals surface area contributed by atoms with Gasteiger partial charge in [-0.3, -0.25) is 0 Å². The Kier molecular flexibility index (Phi) is 7.73. The Morgan fingerprint density at radius 3 is 2.91 bits per heavy atom. The van der Waals surface area contributed by atoms with E-state index in [0.29, 0.717) is 49.6 Å². The summed E-state index contributed by atoms with van der Waals surface area (Å²) in [4.78, 5) is 17.6. The summed E-state index contributed by atoms with van der Waals surface area (Å²) < 4.78 is 16.8. The maximum absolute atomic E-state index is 10.5. The number of hydrogen-bond acceptors (Lipinski definition) is 7. The summed E-state index contributed by atoms with van der Waals surface area (Å²) in [5.74, 6) is 1.69. The number of aromatic nitrogens is 2. The number of carbonyl (C=O) groups is 1. The fourth-order valence-corrected chi connectivity index (χ4v) is 4.27. The van der Waals surface area contributed by atoms with E-state index in [9.17, 15) is 4.79 Å². The van der Waals surface area contributed by atoms with Gasteiger partial charge in [-0.25, -0.2) is 0 Å². The van der Waals surface area contributed by atoms with Crippen LogP contribution in [-0.2, 0) is 16.1 Å². The third-order valence-electron chi connectivity index (χ3n) is 5.99. The number of ether oxygens (including phenoxy) is 2. The molecule has 7 heteroatoms. The van der Waals surface area contributed by atoms with Gasteiger partial charge in [-0.15, -0.1) is 0 Å². The van der Waals surface area contributed by atoms with Gasteiger partial charge in [0.15, 0.2) is 0 Å². The van der Waals surface area contributed by atoms with E-state index < -0.39 is 0 Å². The van der Waals surface area contributed by atoms with Crippen LogP contribution >= 0.6 is 0 Å². The van der Waals surface area contributed by atoms with Crippen LogP contribution in [0.1, 0.15) is 44.6 Å². The molecule has 0 saturated carbocycles. The Bertz CT molecular complexity index is 1070. The first-order valence-electron chi connectivity index (χ1n) is 11.6. The fraction of sp³-hybridized carbons (Fsp3) is 0.423. The summed E-state index contributed by atoms with van der Waals surface area (Å²) in [5, 5.41) is 4.18. The van der Waals surface area contributed by atoms with Crippen molar-refractivity contribution in [2.75, 3.05) is 25.2 Å². The van der Waals surface area contributed by atoms with Crippen molar-refractivity contribution in [3.8, 4) is 28.6 Å². The summed E-state index contributed by atoms with van der Waals surface area (Å²) in [7, 11) is 1.72. The van der Waals surface area contributed by atoms with Gasteiger partial charge in [-0.05, 0) is 62.9 Å². The van der Waals surface area contributed by atoms with Crippen molar-refractivity contribution in [1.29, 1.82) is 0 Å². The minimum atomic E-state index is 0.470. The summed E-state index contributed by atoms with van der Waals surface area (Å²) >= 11 is 0. The highest BCUT2D eigenvalue weighted by Gasteiger charge is 2.22. The molecular formula is C26H31N3O4. The first-order chi connectivity index (χ1) is 16.2. The molecule has 7 nitrogen and oxygen atoms in total. The lowest BCUT2D eigenvalue weighted by atomic mass is 10.00. The van der Waals surface area contributed by atoms with Gasteiger partial charge in [0.05, 0.1) is 13.2 Å². The predicted molar refractivity (Wildman–Crippen MR) is 127 cm³/mol. The van der Waals surface area contributed by atoms with Crippen LogP contribution in [0.25, 0.3) is 22.8 Å². The number of anilines is 1. The first-order valence-corrected chi connectivity index (χ1v) is 11.6. The molecular weight excluding hydrogens is 418 g/mol. The first kappa shape index (κ1) is 23.0. The fourth-order valence-electron chi connectivity index (χ4n) is 4.27. The van der Waals surface area contributed by atoms with E-state index in [-0.39, 0.29) is 0 Å². The monoisotopic (exact) mass is 449 g/mol. The Morgan fingerprint density at radius 2 is 2.09 bits per heavy atom. The highest BCUT2D eigenvalue weighted by molar-refractivity contribution is 5.66. The van der Waals surface area contributed by atoms with Gasteiger partial charge in [-0.1, -0.05) is 17.3 Å². The van der Waals surface area contributed by atoms with Crippen molar-refractivity contribution < 1.29 is 18.8 Å². The maximum Gasteiger partial charge on any atom is 0.258 e. The third kappa shape index (κ3) is 5.60. The van der Waals surface area contributed by atoms with Crippen molar-refractivity contribution in [3.05, 3.63) is 48.0 Å². The van der Waals surface area contributed by atoms with E-state index in [1.54, 1.807) is 7.11 Å². The molecule has 1 aliphatic heterocycles. The van der Waals surface area contributed by atoms with Crippen molar-refractivity contribution >= 4 is 12.0 Å². The van der Waals surface area contributed by atoms with E-state index in [4.69, 9.17) is 14.0 Å². The maximum atomic E-state index is 10.5. The molecule has 1 atom stereocenters. The highest BCUT2D eigenvalue weighted by Crippen LogP contribution is 2.32. The SMILES string of the molecule is COCc1cc(-c2nc(-c3cccc(OCCCC=O)c3)no2)ccc1N1CCCCC1C. The zero-order chi connectivity index (χ0) is 23.0. The number of carbonyl (C=O) groups excluding carboxylic acids is 1. The molecule has 2 aromatic carbocycles. The molecule has 0 N–H and O–H groups in total. The minimum Gasteiger partial charge on any atom is -0.494 e. The average Bonchev–Trinajstić information content (AvgIpc) is 3.33. The number of hydrogen-bond donors (Lipinski definition) is 0. The number of benzene rings is 2. The molecule has 0 aliphatic carbocycles.